The standard InChI is InChI=1S/C22H19F5N2O3/c1-21(2,20(31)28-17-10-14(22(25,26)27)8-9-16(17)24)29-18(11-23)32-12-15(19(29)30)13-6-4-3-5-7-13/h3-10,12,18H,11H2,1-2H3,(H,28,31). The molecule has 5 nitrogen and oxygen atoms in total. The van der Waals surface area contributed by atoms with Crippen LogP contribution in [0, 0.1) is 5.82 Å². The number of carbonyl (C=O) groups excluding carboxylic acids is 2. The number of carbonyl (C=O) groups is 2. The molecule has 1 atom stereocenters. The normalized spacial score (nSPS) is 17.0. The molecule has 3 rings (SSSR count). The van der Waals surface area contributed by atoms with E-state index in [1.807, 2.05) is 0 Å². The molecule has 2 amide bonds. The molecular weight excluding hydrogens is 435 g/mol. The average Bonchev–Trinajstić information content (AvgIpc) is 2.74. The molecule has 0 radical (unpaired) electrons. The second-order valence-electron chi connectivity index (χ2n) is 7.52. The van der Waals surface area contributed by atoms with Crippen LogP contribution >= 0.6 is 0 Å². The van der Waals surface area contributed by atoms with E-state index in [0.717, 1.165) is 11.2 Å². The fraction of sp³-hybridized carbons (Fsp3) is 0.273. The predicted molar refractivity (Wildman–Crippen MR) is 106 cm³/mol. The number of halogens is 5. The lowest BCUT2D eigenvalue weighted by Crippen LogP contribution is -2.61. The quantitative estimate of drug-likeness (QED) is 0.663. The molecule has 1 heterocycles. The first-order chi connectivity index (χ1) is 15.0. The van der Waals surface area contributed by atoms with E-state index in [1.54, 1.807) is 30.3 Å². The summed E-state index contributed by atoms with van der Waals surface area (Å²) in [7, 11) is 0. The third-order valence-corrected chi connectivity index (χ3v) is 5.00. The van der Waals surface area contributed by atoms with Crippen LogP contribution < -0.4 is 5.32 Å². The Balaban J connectivity index is 1.92. The summed E-state index contributed by atoms with van der Waals surface area (Å²) in [6.45, 7) is 1.36. The number of alkyl halides is 4. The molecule has 2 aromatic carbocycles. The van der Waals surface area contributed by atoms with Gasteiger partial charge >= 0.3 is 6.18 Å². The van der Waals surface area contributed by atoms with Gasteiger partial charge in [-0.3, -0.25) is 14.5 Å². The summed E-state index contributed by atoms with van der Waals surface area (Å²) in [5, 5.41) is 2.07. The van der Waals surface area contributed by atoms with Crippen molar-refractivity contribution in [2.75, 3.05) is 12.0 Å². The van der Waals surface area contributed by atoms with Crippen LogP contribution in [0.25, 0.3) is 5.57 Å². The van der Waals surface area contributed by atoms with E-state index in [9.17, 15) is 31.5 Å². The second-order valence-corrected chi connectivity index (χ2v) is 7.52. The van der Waals surface area contributed by atoms with Gasteiger partial charge in [0.15, 0.2) is 0 Å². The maximum Gasteiger partial charge on any atom is 0.416 e. The molecule has 0 aromatic heterocycles. The van der Waals surface area contributed by atoms with Crippen LogP contribution in [0.2, 0.25) is 0 Å². The minimum Gasteiger partial charge on any atom is -0.474 e. The molecule has 0 saturated heterocycles. The molecule has 0 spiro atoms. The Bertz CT molecular complexity index is 1050. The number of nitrogens with one attached hydrogen (secondary N) is 1. The van der Waals surface area contributed by atoms with Crippen molar-refractivity contribution in [1.29, 1.82) is 0 Å². The first-order valence-corrected chi connectivity index (χ1v) is 9.45. The highest BCUT2D eigenvalue weighted by atomic mass is 19.4. The van der Waals surface area contributed by atoms with Gasteiger partial charge in [0, 0.05) is 0 Å². The Morgan fingerprint density at radius 3 is 2.38 bits per heavy atom. The number of anilines is 1. The van der Waals surface area contributed by atoms with Crippen molar-refractivity contribution in [1.82, 2.24) is 4.90 Å². The third-order valence-electron chi connectivity index (χ3n) is 5.00. The van der Waals surface area contributed by atoms with E-state index >= 15 is 0 Å². The van der Waals surface area contributed by atoms with E-state index in [2.05, 4.69) is 5.32 Å². The summed E-state index contributed by atoms with van der Waals surface area (Å²) >= 11 is 0. The van der Waals surface area contributed by atoms with Gasteiger partial charge in [-0.05, 0) is 37.6 Å². The van der Waals surface area contributed by atoms with Crippen molar-refractivity contribution in [3.63, 3.8) is 0 Å². The summed E-state index contributed by atoms with van der Waals surface area (Å²) in [6.07, 6.45) is -5.12. The van der Waals surface area contributed by atoms with Crippen LogP contribution in [0.4, 0.5) is 27.6 Å². The van der Waals surface area contributed by atoms with Gasteiger partial charge in [-0.25, -0.2) is 8.78 Å². The lowest BCUT2D eigenvalue weighted by molar-refractivity contribution is -0.158. The Morgan fingerprint density at radius 2 is 1.78 bits per heavy atom. The van der Waals surface area contributed by atoms with Crippen LogP contribution in [-0.4, -0.2) is 35.2 Å². The maximum atomic E-state index is 14.1. The van der Waals surface area contributed by atoms with Gasteiger partial charge in [0.2, 0.25) is 12.1 Å². The molecule has 1 N–H and O–H groups in total. The van der Waals surface area contributed by atoms with Crippen molar-refractivity contribution in [2.45, 2.75) is 31.8 Å². The smallest absolute Gasteiger partial charge is 0.416 e. The molecule has 0 aliphatic carbocycles. The fourth-order valence-electron chi connectivity index (χ4n) is 3.23. The van der Waals surface area contributed by atoms with Crippen LogP contribution in [-0.2, 0) is 20.5 Å². The summed E-state index contributed by atoms with van der Waals surface area (Å²) in [4.78, 5) is 26.9. The predicted octanol–water partition coefficient (Wildman–Crippen LogP) is 4.76. The van der Waals surface area contributed by atoms with Crippen molar-refractivity contribution in [2.24, 2.45) is 0 Å². The van der Waals surface area contributed by atoms with Crippen molar-refractivity contribution in [3.05, 3.63) is 71.7 Å². The summed E-state index contributed by atoms with van der Waals surface area (Å²) in [5.74, 6) is -2.86. The Kier molecular flexibility index (Phi) is 6.25. The van der Waals surface area contributed by atoms with Crippen LogP contribution in [0.3, 0.4) is 0 Å². The van der Waals surface area contributed by atoms with Crippen molar-refractivity contribution < 1.29 is 36.3 Å². The molecule has 0 saturated carbocycles. The topological polar surface area (TPSA) is 58.6 Å². The summed E-state index contributed by atoms with van der Waals surface area (Å²) in [6, 6.07) is 9.85. The number of hydrogen-bond donors (Lipinski definition) is 1. The molecule has 2 aromatic rings. The highest BCUT2D eigenvalue weighted by molar-refractivity contribution is 6.21. The Labute approximate surface area is 180 Å². The molecule has 32 heavy (non-hydrogen) atoms. The van der Waals surface area contributed by atoms with Crippen LogP contribution in [0.15, 0.2) is 54.8 Å². The van der Waals surface area contributed by atoms with Crippen LogP contribution in [0.1, 0.15) is 25.0 Å². The van der Waals surface area contributed by atoms with E-state index in [4.69, 9.17) is 4.74 Å². The van der Waals surface area contributed by atoms with Crippen molar-refractivity contribution in [3.8, 4) is 0 Å². The minimum atomic E-state index is -4.76. The molecular formula is C22H19F5N2O3. The van der Waals surface area contributed by atoms with Gasteiger partial charge in [0.25, 0.3) is 5.91 Å². The summed E-state index contributed by atoms with van der Waals surface area (Å²) in [5.41, 5.74) is -3.19. The molecule has 1 unspecified atom stereocenters. The monoisotopic (exact) mass is 454 g/mol. The number of benzene rings is 2. The lowest BCUT2D eigenvalue weighted by Gasteiger charge is -2.43. The number of rotatable bonds is 5. The number of hydrogen-bond acceptors (Lipinski definition) is 3. The maximum absolute atomic E-state index is 14.1. The summed E-state index contributed by atoms with van der Waals surface area (Å²) < 4.78 is 71.9. The number of ether oxygens (including phenoxy) is 1. The van der Waals surface area contributed by atoms with E-state index in [0.29, 0.717) is 23.8 Å². The molecule has 10 heteroatoms. The van der Waals surface area contributed by atoms with E-state index in [1.165, 1.54) is 13.8 Å². The highest BCUT2D eigenvalue weighted by Gasteiger charge is 2.46. The molecule has 0 bridgehead atoms. The first kappa shape index (κ1) is 23.2. The van der Waals surface area contributed by atoms with Gasteiger partial charge in [-0.15, -0.1) is 0 Å². The van der Waals surface area contributed by atoms with Gasteiger partial charge in [-0.1, -0.05) is 30.3 Å². The van der Waals surface area contributed by atoms with Gasteiger partial charge in [-0.2, -0.15) is 13.2 Å². The zero-order chi connectivity index (χ0) is 23.7. The van der Waals surface area contributed by atoms with Crippen molar-refractivity contribution >= 4 is 23.1 Å². The molecule has 1 aliphatic rings. The zero-order valence-electron chi connectivity index (χ0n) is 17.0. The lowest BCUT2D eigenvalue weighted by atomic mass is 9.96. The molecule has 1 aliphatic heterocycles. The molecule has 170 valence electrons. The first-order valence-electron chi connectivity index (χ1n) is 9.45. The highest BCUT2D eigenvalue weighted by Crippen LogP contribution is 2.34. The van der Waals surface area contributed by atoms with E-state index in [-0.39, 0.29) is 5.57 Å². The van der Waals surface area contributed by atoms with Gasteiger partial charge in [0.05, 0.1) is 23.1 Å². The Hall–Kier alpha value is -3.43. The Morgan fingerprint density at radius 1 is 1.12 bits per heavy atom. The van der Waals surface area contributed by atoms with Crippen LogP contribution in [0.5, 0.6) is 0 Å². The minimum absolute atomic E-state index is 0.0569. The zero-order valence-corrected chi connectivity index (χ0v) is 17.0. The third kappa shape index (κ3) is 4.44. The van der Waals surface area contributed by atoms with E-state index < -0.39 is 53.5 Å². The van der Waals surface area contributed by atoms with Gasteiger partial charge < -0.3 is 10.1 Å². The largest absolute Gasteiger partial charge is 0.474 e. The second kappa shape index (κ2) is 8.60. The number of amides is 2. The number of nitrogens with zero attached hydrogens (tertiary/aromatic N) is 1. The van der Waals surface area contributed by atoms with Gasteiger partial charge in [0.1, 0.15) is 18.0 Å². The fourth-order valence-corrected chi connectivity index (χ4v) is 3.23. The molecule has 0 fully saturated rings. The average molecular weight is 454 g/mol. The SMILES string of the molecule is CC(C)(C(=O)Nc1cc(C(F)(F)F)ccc1F)N1C(=O)C(c2ccccc2)=COC1CF.